The predicted octanol–water partition coefficient (Wildman–Crippen LogP) is 3.48. The SMILES string of the molecule is C[C@@H]1[C@H](C)CCC[C@H]1NC(=O)[C@@H](C)OC(=O)/C=C/c1ccc([N+](=O)[O-])cc1. The van der Waals surface area contributed by atoms with Crippen LogP contribution in [0.3, 0.4) is 0 Å². The fraction of sp³-hybridized carbons (Fsp3) is 0.500. The van der Waals surface area contributed by atoms with E-state index in [1.54, 1.807) is 6.92 Å². The number of non-ortho nitro benzene ring substituents is 1. The van der Waals surface area contributed by atoms with Crippen LogP contribution in [0.15, 0.2) is 30.3 Å². The number of carbonyl (C=O) groups excluding carboxylic acids is 2. The third-order valence-electron chi connectivity index (χ3n) is 5.21. The Kier molecular flexibility index (Phi) is 7.10. The molecule has 0 saturated heterocycles. The van der Waals surface area contributed by atoms with E-state index in [2.05, 4.69) is 19.2 Å². The highest BCUT2D eigenvalue weighted by atomic mass is 16.6. The minimum Gasteiger partial charge on any atom is -0.449 e. The zero-order valence-corrected chi connectivity index (χ0v) is 15.9. The number of hydrogen-bond donors (Lipinski definition) is 1. The molecule has 1 saturated carbocycles. The minimum absolute atomic E-state index is 0.0220. The third kappa shape index (κ3) is 5.91. The molecule has 0 unspecified atom stereocenters. The van der Waals surface area contributed by atoms with Gasteiger partial charge in [-0.1, -0.05) is 26.7 Å². The first-order valence-corrected chi connectivity index (χ1v) is 9.21. The van der Waals surface area contributed by atoms with Crippen molar-refractivity contribution in [1.29, 1.82) is 0 Å². The third-order valence-corrected chi connectivity index (χ3v) is 5.21. The number of amides is 1. The molecular weight excluding hydrogens is 348 g/mol. The number of esters is 1. The van der Waals surface area contributed by atoms with E-state index in [9.17, 15) is 19.7 Å². The molecule has 0 spiro atoms. The van der Waals surface area contributed by atoms with Crippen molar-refractivity contribution in [3.63, 3.8) is 0 Å². The zero-order valence-electron chi connectivity index (χ0n) is 15.9. The van der Waals surface area contributed by atoms with Crippen LogP contribution < -0.4 is 5.32 Å². The number of carbonyl (C=O) groups is 2. The summed E-state index contributed by atoms with van der Waals surface area (Å²) in [5.74, 6) is 0.0262. The largest absolute Gasteiger partial charge is 0.449 e. The van der Waals surface area contributed by atoms with Gasteiger partial charge >= 0.3 is 5.97 Å². The Hall–Kier alpha value is -2.70. The zero-order chi connectivity index (χ0) is 20.0. The molecule has 0 aliphatic heterocycles. The Bertz CT molecular complexity index is 714. The van der Waals surface area contributed by atoms with Gasteiger partial charge in [-0.05, 0) is 49.0 Å². The van der Waals surface area contributed by atoms with Crippen LogP contribution in [-0.4, -0.2) is 28.9 Å². The predicted molar refractivity (Wildman–Crippen MR) is 102 cm³/mol. The van der Waals surface area contributed by atoms with Crippen LogP contribution in [0.2, 0.25) is 0 Å². The van der Waals surface area contributed by atoms with E-state index in [1.807, 2.05) is 0 Å². The highest BCUT2D eigenvalue weighted by Gasteiger charge is 2.29. The smallest absolute Gasteiger partial charge is 0.331 e. The average molecular weight is 374 g/mol. The van der Waals surface area contributed by atoms with Gasteiger partial charge in [0.1, 0.15) is 0 Å². The van der Waals surface area contributed by atoms with Crippen molar-refractivity contribution in [2.24, 2.45) is 11.8 Å². The van der Waals surface area contributed by atoms with Gasteiger partial charge in [0.15, 0.2) is 6.10 Å². The number of nitrogens with zero attached hydrogens (tertiary/aromatic N) is 1. The number of hydrogen-bond acceptors (Lipinski definition) is 5. The first-order chi connectivity index (χ1) is 12.8. The molecule has 4 atom stereocenters. The van der Waals surface area contributed by atoms with E-state index < -0.39 is 17.0 Å². The van der Waals surface area contributed by atoms with E-state index in [4.69, 9.17) is 4.74 Å². The molecule has 1 amide bonds. The Morgan fingerprint density at radius 1 is 1.26 bits per heavy atom. The van der Waals surface area contributed by atoms with Crippen LogP contribution >= 0.6 is 0 Å². The van der Waals surface area contributed by atoms with Crippen molar-refractivity contribution in [3.05, 3.63) is 46.0 Å². The van der Waals surface area contributed by atoms with Crippen LogP contribution in [0.25, 0.3) is 6.08 Å². The van der Waals surface area contributed by atoms with Crippen molar-refractivity contribution in [2.45, 2.75) is 52.2 Å². The van der Waals surface area contributed by atoms with Gasteiger partial charge in [0, 0.05) is 24.3 Å². The van der Waals surface area contributed by atoms with Crippen LogP contribution in [0.5, 0.6) is 0 Å². The van der Waals surface area contributed by atoms with Gasteiger partial charge in [-0.2, -0.15) is 0 Å². The van der Waals surface area contributed by atoms with Gasteiger partial charge in [0.25, 0.3) is 11.6 Å². The monoisotopic (exact) mass is 374 g/mol. The molecule has 0 bridgehead atoms. The number of nitro benzene ring substituents is 1. The van der Waals surface area contributed by atoms with Crippen molar-refractivity contribution < 1.29 is 19.2 Å². The van der Waals surface area contributed by atoms with Crippen LogP contribution in [0.4, 0.5) is 5.69 Å². The molecule has 2 rings (SSSR count). The van der Waals surface area contributed by atoms with E-state index in [-0.39, 0.29) is 17.6 Å². The Labute approximate surface area is 158 Å². The fourth-order valence-electron chi connectivity index (χ4n) is 3.22. The topological polar surface area (TPSA) is 98.5 Å². The molecule has 146 valence electrons. The second-order valence-corrected chi connectivity index (χ2v) is 7.14. The molecule has 27 heavy (non-hydrogen) atoms. The highest BCUT2D eigenvalue weighted by Crippen LogP contribution is 2.29. The van der Waals surface area contributed by atoms with Gasteiger partial charge in [0.2, 0.25) is 0 Å². The first-order valence-electron chi connectivity index (χ1n) is 9.21. The average Bonchev–Trinajstić information content (AvgIpc) is 2.64. The lowest BCUT2D eigenvalue weighted by Crippen LogP contribution is -2.47. The number of nitrogens with one attached hydrogen (secondary N) is 1. The van der Waals surface area contributed by atoms with Crippen molar-refractivity contribution in [1.82, 2.24) is 5.32 Å². The molecule has 0 radical (unpaired) electrons. The van der Waals surface area contributed by atoms with Gasteiger partial charge in [0.05, 0.1) is 4.92 Å². The Morgan fingerprint density at radius 3 is 2.56 bits per heavy atom. The molecular formula is C20H26N2O5. The minimum atomic E-state index is -0.886. The van der Waals surface area contributed by atoms with Gasteiger partial charge in [-0.3, -0.25) is 14.9 Å². The molecule has 1 aromatic carbocycles. The maximum absolute atomic E-state index is 12.3. The number of nitro groups is 1. The van der Waals surface area contributed by atoms with Crippen molar-refractivity contribution >= 4 is 23.6 Å². The lowest BCUT2D eigenvalue weighted by Gasteiger charge is -2.35. The lowest BCUT2D eigenvalue weighted by atomic mass is 9.78. The number of rotatable bonds is 6. The fourth-order valence-corrected chi connectivity index (χ4v) is 3.22. The van der Waals surface area contributed by atoms with Gasteiger partial charge in [-0.25, -0.2) is 4.79 Å². The summed E-state index contributed by atoms with van der Waals surface area (Å²) in [6, 6.07) is 5.88. The van der Waals surface area contributed by atoms with Crippen LogP contribution in [0.1, 0.15) is 45.6 Å². The van der Waals surface area contributed by atoms with Gasteiger partial charge < -0.3 is 10.1 Å². The van der Waals surface area contributed by atoms with Gasteiger partial charge in [-0.15, -0.1) is 0 Å². The lowest BCUT2D eigenvalue weighted by molar-refractivity contribution is -0.384. The molecule has 7 nitrogen and oxygen atoms in total. The van der Waals surface area contributed by atoms with E-state index in [1.165, 1.54) is 42.8 Å². The maximum Gasteiger partial charge on any atom is 0.331 e. The second kappa shape index (κ2) is 9.30. The second-order valence-electron chi connectivity index (χ2n) is 7.14. The first kappa shape index (κ1) is 20.6. The van der Waals surface area contributed by atoms with Crippen molar-refractivity contribution in [3.8, 4) is 0 Å². The van der Waals surface area contributed by atoms with E-state index in [0.717, 1.165) is 12.8 Å². The summed E-state index contributed by atoms with van der Waals surface area (Å²) in [5, 5.41) is 13.6. The molecule has 1 N–H and O–H groups in total. The summed E-state index contributed by atoms with van der Waals surface area (Å²) in [6.45, 7) is 5.87. The van der Waals surface area contributed by atoms with E-state index in [0.29, 0.717) is 17.4 Å². The van der Waals surface area contributed by atoms with Crippen LogP contribution in [-0.2, 0) is 14.3 Å². The summed E-state index contributed by atoms with van der Waals surface area (Å²) in [6.07, 6.45) is 5.01. The standard InChI is InChI=1S/C20H26N2O5/c1-13-5-4-6-18(14(13)2)21-20(24)15(3)27-19(23)12-9-16-7-10-17(11-8-16)22(25)26/h7-15,18H,4-6H2,1-3H3,(H,21,24)/b12-9+/t13-,14-,15-,18-/m1/s1. The molecule has 1 aliphatic rings. The van der Waals surface area contributed by atoms with Crippen molar-refractivity contribution in [2.75, 3.05) is 0 Å². The normalized spacial score (nSPS) is 23.6. The quantitative estimate of drug-likeness (QED) is 0.356. The Balaban J connectivity index is 1.85. The van der Waals surface area contributed by atoms with Crippen LogP contribution in [0, 0.1) is 22.0 Å². The summed E-state index contributed by atoms with van der Waals surface area (Å²) in [7, 11) is 0. The highest BCUT2D eigenvalue weighted by molar-refractivity contribution is 5.90. The summed E-state index contributed by atoms with van der Waals surface area (Å²) >= 11 is 0. The summed E-state index contributed by atoms with van der Waals surface area (Å²) in [5.41, 5.74) is 0.603. The molecule has 0 aromatic heterocycles. The summed E-state index contributed by atoms with van der Waals surface area (Å²) < 4.78 is 5.15. The Morgan fingerprint density at radius 2 is 1.93 bits per heavy atom. The van der Waals surface area contributed by atoms with E-state index >= 15 is 0 Å². The number of benzene rings is 1. The number of ether oxygens (including phenoxy) is 1. The maximum atomic E-state index is 12.3. The molecule has 0 heterocycles. The summed E-state index contributed by atoms with van der Waals surface area (Å²) in [4.78, 5) is 34.3. The molecule has 1 fully saturated rings. The molecule has 7 heteroatoms. The molecule has 1 aromatic rings. The molecule has 1 aliphatic carbocycles.